The molecule has 2 rings (SSSR count). The van der Waals surface area contributed by atoms with Crippen molar-refractivity contribution in [3.8, 4) is 0 Å². The maximum atomic E-state index is 12.8. The fourth-order valence-corrected chi connectivity index (χ4v) is 1.07. The van der Waals surface area contributed by atoms with E-state index in [0.29, 0.717) is 0 Å². The topological polar surface area (TPSA) is 59.8 Å². The first-order chi connectivity index (χ1) is 7.25. The molecule has 16 heavy (non-hydrogen) atoms. The van der Waals surface area contributed by atoms with E-state index in [9.17, 15) is 9.18 Å². The molecular formula is C9H8ClFN4O. The lowest BCUT2D eigenvalue weighted by molar-refractivity contribution is 0.101. The zero-order valence-corrected chi connectivity index (χ0v) is 8.82. The molecule has 1 heterocycles. The van der Waals surface area contributed by atoms with Crippen molar-refractivity contribution in [3.05, 3.63) is 48.3 Å². The molecule has 0 fully saturated rings. The largest absolute Gasteiger partial charge is 0.270 e. The zero-order valence-electron chi connectivity index (χ0n) is 8.00. The Kier molecular flexibility index (Phi) is 3.96. The van der Waals surface area contributed by atoms with Crippen molar-refractivity contribution in [1.82, 2.24) is 14.9 Å². The Balaban J connectivity index is 0.00000128. The monoisotopic (exact) mass is 242 g/mol. The number of benzene rings is 1. The number of carbonyl (C=O) groups is 1. The van der Waals surface area contributed by atoms with E-state index in [2.05, 4.69) is 15.6 Å². The van der Waals surface area contributed by atoms with Gasteiger partial charge in [0.2, 0.25) is 0 Å². The molecule has 84 valence electrons. The van der Waals surface area contributed by atoms with Crippen LogP contribution in [0.25, 0.3) is 0 Å². The fourth-order valence-electron chi connectivity index (χ4n) is 1.07. The quantitative estimate of drug-likeness (QED) is 0.862. The maximum absolute atomic E-state index is 12.8. The molecule has 1 aromatic carbocycles. The normalized spacial score (nSPS) is 9.31. The van der Waals surface area contributed by atoms with Crippen molar-refractivity contribution in [2.45, 2.75) is 0 Å². The molecule has 0 atom stereocenters. The van der Waals surface area contributed by atoms with Gasteiger partial charge in [-0.15, -0.1) is 22.6 Å². The molecule has 2 aromatic rings. The van der Waals surface area contributed by atoms with Crippen molar-refractivity contribution in [1.29, 1.82) is 0 Å². The van der Waals surface area contributed by atoms with E-state index in [1.165, 1.54) is 35.5 Å². The molecule has 7 heteroatoms. The first kappa shape index (κ1) is 12.1. The lowest BCUT2D eigenvalue weighted by atomic mass is 10.2. The number of nitrogens with one attached hydrogen (secondary N) is 1. The van der Waals surface area contributed by atoms with Crippen molar-refractivity contribution in [3.63, 3.8) is 0 Å². The summed E-state index contributed by atoms with van der Waals surface area (Å²) < 4.78 is 14.1. The van der Waals surface area contributed by atoms with Crippen LogP contribution in [0.15, 0.2) is 36.9 Å². The number of hydrogen-bond acceptors (Lipinski definition) is 3. The molecule has 5 nitrogen and oxygen atoms in total. The SMILES string of the molecule is Cl.O=C(Nn1cnnc1)c1cccc(F)c1. The minimum Gasteiger partial charge on any atom is -0.267 e. The van der Waals surface area contributed by atoms with Crippen LogP contribution in [0.1, 0.15) is 10.4 Å². The molecule has 0 aliphatic heterocycles. The molecule has 0 radical (unpaired) electrons. The van der Waals surface area contributed by atoms with Crippen molar-refractivity contribution in [2.24, 2.45) is 0 Å². The van der Waals surface area contributed by atoms with Gasteiger partial charge in [0, 0.05) is 5.56 Å². The summed E-state index contributed by atoms with van der Waals surface area (Å²) in [5.74, 6) is -0.874. The van der Waals surface area contributed by atoms with E-state index in [1.807, 2.05) is 0 Å². The first-order valence-corrected chi connectivity index (χ1v) is 4.17. The summed E-state index contributed by atoms with van der Waals surface area (Å²) in [4.78, 5) is 11.5. The van der Waals surface area contributed by atoms with Gasteiger partial charge < -0.3 is 0 Å². The van der Waals surface area contributed by atoms with E-state index >= 15 is 0 Å². The molecule has 0 spiro atoms. The van der Waals surface area contributed by atoms with Gasteiger partial charge in [-0.3, -0.25) is 10.2 Å². The van der Waals surface area contributed by atoms with Crippen LogP contribution in [0.2, 0.25) is 0 Å². The summed E-state index contributed by atoms with van der Waals surface area (Å²) in [5, 5.41) is 7.02. The molecule has 1 aromatic heterocycles. The van der Waals surface area contributed by atoms with Crippen LogP contribution in [0.3, 0.4) is 0 Å². The second-order valence-electron chi connectivity index (χ2n) is 2.82. The van der Waals surface area contributed by atoms with E-state index < -0.39 is 11.7 Å². The molecule has 1 amide bonds. The number of halogens is 2. The zero-order chi connectivity index (χ0) is 10.7. The number of carbonyl (C=O) groups excluding carboxylic acids is 1. The summed E-state index contributed by atoms with van der Waals surface area (Å²) in [6.07, 6.45) is 2.66. The summed E-state index contributed by atoms with van der Waals surface area (Å²) in [6.45, 7) is 0. The van der Waals surface area contributed by atoms with E-state index in [1.54, 1.807) is 0 Å². The Morgan fingerprint density at radius 1 is 1.31 bits per heavy atom. The molecule has 0 aliphatic carbocycles. The summed E-state index contributed by atoms with van der Waals surface area (Å²) in [5.41, 5.74) is 2.69. The highest BCUT2D eigenvalue weighted by atomic mass is 35.5. The van der Waals surface area contributed by atoms with E-state index in [0.717, 1.165) is 6.07 Å². The van der Waals surface area contributed by atoms with Crippen LogP contribution in [0.5, 0.6) is 0 Å². The lowest BCUT2D eigenvalue weighted by Gasteiger charge is -2.03. The predicted molar refractivity (Wildman–Crippen MR) is 57.4 cm³/mol. The second kappa shape index (κ2) is 5.22. The Hall–Kier alpha value is -1.95. The fraction of sp³-hybridized carbons (Fsp3) is 0. The molecular weight excluding hydrogens is 235 g/mol. The van der Waals surface area contributed by atoms with Gasteiger partial charge in [-0.1, -0.05) is 6.07 Å². The third-order valence-corrected chi connectivity index (χ3v) is 1.74. The number of amides is 1. The Morgan fingerprint density at radius 3 is 2.62 bits per heavy atom. The van der Waals surface area contributed by atoms with Crippen LogP contribution in [0.4, 0.5) is 4.39 Å². The van der Waals surface area contributed by atoms with Crippen molar-refractivity contribution < 1.29 is 9.18 Å². The number of aromatic nitrogens is 3. The van der Waals surface area contributed by atoms with Crippen molar-refractivity contribution >= 4 is 18.3 Å². The number of nitrogens with zero attached hydrogens (tertiary/aromatic N) is 3. The van der Waals surface area contributed by atoms with Crippen LogP contribution >= 0.6 is 12.4 Å². The van der Waals surface area contributed by atoms with Gasteiger partial charge in [-0.25, -0.2) is 9.07 Å². The standard InChI is InChI=1S/C9H7FN4O.ClH/c10-8-3-1-2-7(4-8)9(15)13-14-5-11-12-6-14;/h1-6H,(H,13,15);1H. The molecule has 0 saturated heterocycles. The summed E-state index contributed by atoms with van der Waals surface area (Å²) >= 11 is 0. The van der Waals surface area contributed by atoms with Crippen LogP contribution in [-0.2, 0) is 0 Å². The Morgan fingerprint density at radius 2 is 2.00 bits per heavy atom. The van der Waals surface area contributed by atoms with E-state index in [4.69, 9.17) is 0 Å². The summed E-state index contributed by atoms with van der Waals surface area (Å²) in [7, 11) is 0. The van der Waals surface area contributed by atoms with Gasteiger partial charge in [0.15, 0.2) is 0 Å². The first-order valence-electron chi connectivity index (χ1n) is 4.17. The van der Waals surface area contributed by atoms with Gasteiger partial charge >= 0.3 is 0 Å². The van der Waals surface area contributed by atoms with Gasteiger partial charge in [-0.2, -0.15) is 0 Å². The number of hydrogen-bond donors (Lipinski definition) is 1. The maximum Gasteiger partial charge on any atom is 0.270 e. The smallest absolute Gasteiger partial charge is 0.267 e. The molecule has 0 saturated carbocycles. The third-order valence-electron chi connectivity index (χ3n) is 1.74. The van der Waals surface area contributed by atoms with Crippen LogP contribution < -0.4 is 5.43 Å². The van der Waals surface area contributed by atoms with Gasteiger partial charge in [0.1, 0.15) is 18.5 Å². The van der Waals surface area contributed by atoms with Gasteiger partial charge in [0.25, 0.3) is 5.91 Å². The van der Waals surface area contributed by atoms with Crippen LogP contribution in [0, 0.1) is 5.82 Å². The van der Waals surface area contributed by atoms with Crippen molar-refractivity contribution in [2.75, 3.05) is 5.43 Å². The van der Waals surface area contributed by atoms with E-state index in [-0.39, 0.29) is 18.0 Å². The Labute approximate surface area is 96.7 Å². The second-order valence-corrected chi connectivity index (χ2v) is 2.82. The molecule has 0 bridgehead atoms. The predicted octanol–water partition coefficient (Wildman–Crippen LogP) is 1.22. The lowest BCUT2D eigenvalue weighted by Crippen LogP contribution is -2.21. The average Bonchev–Trinajstić information content (AvgIpc) is 2.70. The highest BCUT2D eigenvalue weighted by Crippen LogP contribution is 2.03. The highest BCUT2D eigenvalue weighted by molar-refractivity contribution is 5.99. The average molecular weight is 243 g/mol. The van der Waals surface area contributed by atoms with Gasteiger partial charge in [-0.05, 0) is 18.2 Å². The Bertz CT molecular complexity index is 474. The number of rotatable bonds is 2. The third kappa shape index (κ3) is 2.77. The molecule has 1 N–H and O–H groups in total. The van der Waals surface area contributed by atoms with Gasteiger partial charge in [0.05, 0.1) is 0 Å². The molecule has 0 aliphatic rings. The minimum absolute atomic E-state index is 0. The van der Waals surface area contributed by atoms with Crippen LogP contribution in [-0.4, -0.2) is 20.8 Å². The highest BCUT2D eigenvalue weighted by Gasteiger charge is 2.05. The minimum atomic E-state index is -0.452. The summed E-state index contributed by atoms with van der Waals surface area (Å²) in [6, 6.07) is 5.41. The molecule has 0 unspecified atom stereocenters.